The van der Waals surface area contributed by atoms with E-state index in [1.165, 1.54) is 12.0 Å². The quantitative estimate of drug-likeness (QED) is 0.862. The molecular formula is C13H24N4. The Balaban J connectivity index is 2.19. The van der Waals surface area contributed by atoms with Gasteiger partial charge in [-0.25, -0.2) is 0 Å². The Morgan fingerprint density at radius 3 is 2.82 bits per heavy atom. The average Bonchev–Trinajstić information content (AvgIpc) is 2.89. The monoisotopic (exact) mass is 236 g/mol. The third-order valence-electron chi connectivity index (χ3n) is 3.79. The van der Waals surface area contributed by atoms with Crippen LogP contribution in [-0.4, -0.2) is 33.8 Å². The molecule has 17 heavy (non-hydrogen) atoms. The molecule has 1 aromatic heterocycles. The summed E-state index contributed by atoms with van der Waals surface area (Å²) in [6, 6.07) is 0.531. The number of hydrogen-bond acceptors (Lipinski definition) is 3. The van der Waals surface area contributed by atoms with Crippen LogP contribution in [0.4, 0.5) is 0 Å². The van der Waals surface area contributed by atoms with Crippen molar-refractivity contribution in [3.05, 3.63) is 18.0 Å². The summed E-state index contributed by atoms with van der Waals surface area (Å²) in [7, 11) is 1.96. The topological polar surface area (TPSA) is 47.1 Å². The first kappa shape index (κ1) is 12.6. The van der Waals surface area contributed by atoms with E-state index in [-0.39, 0.29) is 6.04 Å². The van der Waals surface area contributed by atoms with Crippen molar-refractivity contribution in [2.24, 2.45) is 18.7 Å². The summed E-state index contributed by atoms with van der Waals surface area (Å²) in [4.78, 5) is 2.52. The van der Waals surface area contributed by atoms with Gasteiger partial charge in [-0.2, -0.15) is 5.10 Å². The summed E-state index contributed by atoms with van der Waals surface area (Å²) >= 11 is 0. The Labute approximate surface area is 104 Å². The molecule has 2 heterocycles. The largest absolute Gasteiger partial charge is 0.326 e. The Bertz CT molecular complexity index is 360. The van der Waals surface area contributed by atoms with Gasteiger partial charge in [-0.15, -0.1) is 0 Å². The van der Waals surface area contributed by atoms with E-state index in [1.54, 1.807) is 0 Å². The van der Waals surface area contributed by atoms with E-state index >= 15 is 0 Å². The highest BCUT2D eigenvalue weighted by Crippen LogP contribution is 2.30. The first-order chi connectivity index (χ1) is 8.11. The molecule has 2 rings (SSSR count). The van der Waals surface area contributed by atoms with Gasteiger partial charge in [0.1, 0.15) is 0 Å². The van der Waals surface area contributed by atoms with Crippen LogP contribution in [0.25, 0.3) is 0 Å². The molecule has 1 saturated heterocycles. The Hall–Kier alpha value is -0.870. The molecule has 2 N–H and O–H groups in total. The Morgan fingerprint density at radius 2 is 2.35 bits per heavy atom. The van der Waals surface area contributed by atoms with Crippen molar-refractivity contribution < 1.29 is 0 Å². The van der Waals surface area contributed by atoms with E-state index in [9.17, 15) is 0 Å². The van der Waals surface area contributed by atoms with Crippen molar-refractivity contribution in [1.82, 2.24) is 14.7 Å². The second kappa shape index (κ2) is 5.19. The van der Waals surface area contributed by atoms with Crippen LogP contribution in [0.15, 0.2) is 12.4 Å². The van der Waals surface area contributed by atoms with Crippen LogP contribution in [0, 0.1) is 5.92 Å². The number of nitrogens with zero attached hydrogens (tertiary/aromatic N) is 3. The number of likely N-dealkylation sites (tertiary alicyclic amines) is 1. The van der Waals surface area contributed by atoms with Crippen molar-refractivity contribution in [3.63, 3.8) is 0 Å². The van der Waals surface area contributed by atoms with Crippen molar-refractivity contribution in [1.29, 1.82) is 0 Å². The highest BCUT2D eigenvalue weighted by atomic mass is 15.3. The zero-order valence-corrected chi connectivity index (χ0v) is 11.1. The lowest BCUT2D eigenvalue weighted by Crippen LogP contribution is -2.39. The number of rotatable bonds is 4. The molecule has 0 aromatic carbocycles. The lowest BCUT2D eigenvalue weighted by Gasteiger charge is -2.31. The van der Waals surface area contributed by atoms with Crippen LogP contribution in [0.3, 0.4) is 0 Å². The minimum Gasteiger partial charge on any atom is -0.326 e. The molecule has 0 spiro atoms. The molecule has 96 valence electrons. The van der Waals surface area contributed by atoms with Gasteiger partial charge in [0.05, 0.1) is 12.2 Å². The first-order valence-electron chi connectivity index (χ1n) is 6.60. The van der Waals surface area contributed by atoms with Gasteiger partial charge in [-0.3, -0.25) is 9.58 Å². The number of hydrogen-bond donors (Lipinski definition) is 1. The summed E-state index contributed by atoms with van der Waals surface area (Å²) < 4.78 is 1.87. The van der Waals surface area contributed by atoms with Crippen LogP contribution in [0.2, 0.25) is 0 Å². The zero-order chi connectivity index (χ0) is 12.4. The van der Waals surface area contributed by atoms with Gasteiger partial charge < -0.3 is 5.73 Å². The van der Waals surface area contributed by atoms with Crippen molar-refractivity contribution >= 4 is 0 Å². The van der Waals surface area contributed by atoms with E-state index in [1.807, 2.05) is 17.9 Å². The second-order valence-corrected chi connectivity index (χ2v) is 5.35. The third kappa shape index (κ3) is 2.69. The summed E-state index contributed by atoms with van der Waals surface area (Å²) in [5, 5.41) is 4.28. The molecular weight excluding hydrogens is 212 g/mol. The van der Waals surface area contributed by atoms with Gasteiger partial charge in [-0.1, -0.05) is 13.8 Å². The number of aromatic nitrogens is 2. The molecule has 1 aliphatic heterocycles. The van der Waals surface area contributed by atoms with Gasteiger partial charge in [0.25, 0.3) is 0 Å². The molecule has 4 heteroatoms. The molecule has 1 aliphatic rings. The SMILES string of the molecule is CCC(N)C(c1cnn(C)c1)N1CCC(C)C1. The fourth-order valence-electron chi connectivity index (χ4n) is 2.77. The fourth-order valence-corrected chi connectivity index (χ4v) is 2.77. The Kier molecular flexibility index (Phi) is 3.84. The number of nitrogens with two attached hydrogens (primary N) is 1. The molecule has 0 radical (unpaired) electrons. The van der Waals surface area contributed by atoms with Crippen LogP contribution in [-0.2, 0) is 7.05 Å². The van der Waals surface area contributed by atoms with E-state index < -0.39 is 0 Å². The lowest BCUT2D eigenvalue weighted by molar-refractivity contribution is 0.203. The highest BCUT2D eigenvalue weighted by Gasteiger charge is 2.31. The standard InChI is InChI=1S/C13H24N4/c1-4-12(14)13(11-7-15-16(3)9-11)17-6-5-10(2)8-17/h7,9-10,12-13H,4-6,8,14H2,1-3H3. The van der Waals surface area contributed by atoms with Gasteiger partial charge in [0.2, 0.25) is 0 Å². The maximum Gasteiger partial charge on any atom is 0.0538 e. The Morgan fingerprint density at radius 1 is 1.59 bits per heavy atom. The molecule has 1 fully saturated rings. The van der Waals surface area contributed by atoms with Gasteiger partial charge in [0, 0.05) is 31.4 Å². The maximum atomic E-state index is 6.31. The van der Waals surface area contributed by atoms with Gasteiger partial charge >= 0.3 is 0 Å². The van der Waals surface area contributed by atoms with Gasteiger partial charge in [-0.05, 0) is 25.3 Å². The molecule has 0 bridgehead atoms. The predicted molar refractivity (Wildman–Crippen MR) is 69.6 cm³/mol. The second-order valence-electron chi connectivity index (χ2n) is 5.35. The van der Waals surface area contributed by atoms with Crippen LogP contribution in [0.1, 0.15) is 38.3 Å². The molecule has 1 aromatic rings. The summed E-state index contributed by atoms with van der Waals surface area (Å²) in [6.07, 6.45) is 6.35. The fraction of sp³-hybridized carbons (Fsp3) is 0.769. The molecule has 0 saturated carbocycles. The highest BCUT2D eigenvalue weighted by molar-refractivity contribution is 5.14. The zero-order valence-electron chi connectivity index (χ0n) is 11.1. The smallest absolute Gasteiger partial charge is 0.0538 e. The van der Waals surface area contributed by atoms with E-state index in [4.69, 9.17) is 5.73 Å². The molecule has 3 unspecified atom stereocenters. The molecule has 0 aliphatic carbocycles. The summed E-state index contributed by atoms with van der Waals surface area (Å²) in [5.41, 5.74) is 7.57. The van der Waals surface area contributed by atoms with E-state index in [2.05, 4.69) is 30.0 Å². The third-order valence-corrected chi connectivity index (χ3v) is 3.79. The summed E-state index contributed by atoms with van der Waals surface area (Å²) in [5.74, 6) is 0.790. The number of aryl methyl sites for hydroxylation is 1. The molecule has 4 nitrogen and oxygen atoms in total. The van der Waals surface area contributed by atoms with E-state index in [0.29, 0.717) is 6.04 Å². The predicted octanol–water partition coefficient (Wildman–Crippen LogP) is 1.54. The molecule has 3 atom stereocenters. The normalized spacial score (nSPS) is 25.1. The van der Waals surface area contributed by atoms with Crippen molar-refractivity contribution in [3.8, 4) is 0 Å². The summed E-state index contributed by atoms with van der Waals surface area (Å²) in [6.45, 7) is 6.80. The van der Waals surface area contributed by atoms with Crippen LogP contribution >= 0.6 is 0 Å². The van der Waals surface area contributed by atoms with Crippen molar-refractivity contribution in [2.75, 3.05) is 13.1 Å². The average molecular weight is 236 g/mol. The van der Waals surface area contributed by atoms with Crippen LogP contribution < -0.4 is 5.73 Å². The minimum absolute atomic E-state index is 0.199. The van der Waals surface area contributed by atoms with Crippen LogP contribution in [0.5, 0.6) is 0 Å². The maximum absolute atomic E-state index is 6.31. The molecule has 0 amide bonds. The van der Waals surface area contributed by atoms with Crippen molar-refractivity contribution in [2.45, 2.75) is 38.8 Å². The van der Waals surface area contributed by atoms with E-state index in [0.717, 1.165) is 25.4 Å². The lowest BCUT2D eigenvalue weighted by atomic mass is 9.99. The minimum atomic E-state index is 0.199. The van der Waals surface area contributed by atoms with Gasteiger partial charge in [0.15, 0.2) is 0 Å². The first-order valence-corrected chi connectivity index (χ1v) is 6.60.